The van der Waals surface area contributed by atoms with E-state index in [4.69, 9.17) is 4.98 Å². The van der Waals surface area contributed by atoms with Gasteiger partial charge in [0, 0.05) is 16.7 Å². The first-order chi connectivity index (χ1) is 22.3. The summed E-state index contributed by atoms with van der Waals surface area (Å²) >= 11 is 0. The standard InChI is InChI=1S/C43H32N2/c1-3-12-32(13-4-1)41-42(33-14-5-2-6-15-33)45-40-18-10-9-17-37(40)39-28-36(25-26-38(39)43(45)44-41)31-21-19-30(20-22-31)35-24-23-29-11-7-8-16-34(29)27-35/h1-3,5-12,14,16-28,33H,4,13,15H2. The fourth-order valence-corrected chi connectivity index (χ4v) is 7.28. The van der Waals surface area contributed by atoms with Crippen molar-refractivity contribution in [2.45, 2.75) is 25.2 Å². The van der Waals surface area contributed by atoms with Gasteiger partial charge in [-0.1, -0.05) is 127 Å². The van der Waals surface area contributed by atoms with Crippen LogP contribution >= 0.6 is 0 Å². The Kier molecular flexibility index (Phi) is 6.12. The van der Waals surface area contributed by atoms with E-state index in [1.54, 1.807) is 0 Å². The summed E-state index contributed by atoms with van der Waals surface area (Å²) in [5.74, 6) is 0.285. The Balaban J connectivity index is 1.21. The van der Waals surface area contributed by atoms with Gasteiger partial charge in [0.25, 0.3) is 0 Å². The van der Waals surface area contributed by atoms with Crippen molar-refractivity contribution in [3.05, 3.63) is 163 Å². The van der Waals surface area contributed by atoms with Crippen molar-refractivity contribution in [1.29, 1.82) is 0 Å². The molecule has 1 unspecified atom stereocenters. The molecule has 0 bridgehead atoms. The molecule has 0 aliphatic heterocycles. The molecule has 0 saturated carbocycles. The zero-order chi connectivity index (χ0) is 29.7. The molecule has 0 amide bonds. The quantitative estimate of drug-likeness (QED) is 0.191. The van der Waals surface area contributed by atoms with Gasteiger partial charge in [-0.25, -0.2) is 4.98 Å². The van der Waals surface area contributed by atoms with Crippen LogP contribution in [0.3, 0.4) is 0 Å². The summed E-state index contributed by atoms with van der Waals surface area (Å²) in [6.45, 7) is 0. The highest BCUT2D eigenvalue weighted by Gasteiger charge is 2.25. The van der Waals surface area contributed by atoms with Gasteiger partial charge in [0.15, 0.2) is 0 Å². The lowest BCUT2D eigenvalue weighted by molar-refractivity contribution is 0.805. The minimum absolute atomic E-state index is 0.285. The second-order valence-electron chi connectivity index (χ2n) is 12.2. The van der Waals surface area contributed by atoms with Gasteiger partial charge in [-0.3, -0.25) is 4.40 Å². The van der Waals surface area contributed by atoms with Crippen LogP contribution in [-0.2, 0) is 0 Å². The van der Waals surface area contributed by atoms with Crippen molar-refractivity contribution in [2.24, 2.45) is 0 Å². The van der Waals surface area contributed by atoms with Crippen LogP contribution in [0.5, 0.6) is 0 Å². The fraction of sp³-hybridized carbons (Fsp3) is 0.0930. The Morgan fingerprint density at radius 1 is 0.600 bits per heavy atom. The van der Waals surface area contributed by atoms with Gasteiger partial charge < -0.3 is 0 Å². The van der Waals surface area contributed by atoms with E-state index in [-0.39, 0.29) is 5.92 Å². The highest BCUT2D eigenvalue weighted by Crippen LogP contribution is 2.40. The fourth-order valence-electron chi connectivity index (χ4n) is 7.28. The molecule has 0 N–H and O–H groups in total. The molecule has 7 aromatic rings. The number of pyridine rings is 1. The number of para-hydroxylation sites is 1. The average Bonchev–Trinajstić information content (AvgIpc) is 3.53. The number of rotatable bonds is 4. The summed E-state index contributed by atoms with van der Waals surface area (Å²) in [4.78, 5) is 5.46. The lowest BCUT2D eigenvalue weighted by atomic mass is 9.91. The largest absolute Gasteiger partial charge is 0.295 e. The highest BCUT2D eigenvalue weighted by molar-refractivity contribution is 6.13. The van der Waals surface area contributed by atoms with Gasteiger partial charge in [-0.2, -0.15) is 0 Å². The number of imidazole rings is 1. The Morgan fingerprint density at radius 2 is 1.36 bits per heavy atom. The number of hydrogen-bond acceptors (Lipinski definition) is 1. The van der Waals surface area contributed by atoms with Gasteiger partial charge in [0.2, 0.25) is 0 Å². The van der Waals surface area contributed by atoms with E-state index in [0.29, 0.717) is 0 Å². The number of allylic oxidation sites excluding steroid dienone is 8. The van der Waals surface area contributed by atoms with Gasteiger partial charge in [-0.15, -0.1) is 0 Å². The molecule has 0 spiro atoms. The van der Waals surface area contributed by atoms with E-state index in [1.165, 1.54) is 66.0 Å². The van der Waals surface area contributed by atoms with E-state index < -0.39 is 0 Å². The number of fused-ring (bicyclic) bond motifs is 7. The van der Waals surface area contributed by atoms with Crippen LogP contribution in [0.2, 0.25) is 0 Å². The second kappa shape index (κ2) is 10.6. The monoisotopic (exact) mass is 576 g/mol. The molecule has 214 valence electrons. The molecule has 45 heavy (non-hydrogen) atoms. The predicted molar refractivity (Wildman–Crippen MR) is 191 cm³/mol. The molecule has 2 aliphatic rings. The van der Waals surface area contributed by atoms with Crippen LogP contribution in [0.25, 0.3) is 65.9 Å². The lowest BCUT2D eigenvalue weighted by Crippen LogP contribution is -2.06. The van der Waals surface area contributed by atoms with Crippen molar-refractivity contribution in [1.82, 2.24) is 9.38 Å². The summed E-state index contributed by atoms with van der Waals surface area (Å²) < 4.78 is 2.46. The van der Waals surface area contributed by atoms with E-state index in [2.05, 4.69) is 156 Å². The molecular formula is C43H32N2. The zero-order valence-corrected chi connectivity index (χ0v) is 25.0. The van der Waals surface area contributed by atoms with Crippen LogP contribution in [0.4, 0.5) is 0 Å². The number of nitrogens with zero attached hydrogens (tertiary/aromatic N) is 2. The first-order valence-electron chi connectivity index (χ1n) is 16.0. The molecule has 2 aromatic heterocycles. The van der Waals surface area contributed by atoms with E-state index >= 15 is 0 Å². The summed E-state index contributed by atoms with van der Waals surface area (Å²) in [5, 5.41) is 6.23. The minimum atomic E-state index is 0.285. The molecule has 0 radical (unpaired) electrons. The minimum Gasteiger partial charge on any atom is -0.295 e. The first-order valence-corrected chi connectivity index (χ1v) is 16.0. The normalized spacial score (nSPS) is 16.3. The third kappa shape index (κ3) is 4.37. The van der Waals surface area contributed by atoms with E-state index in [0.717, 1.165) is 30.6 Å². The molecule has 5 aromatic carbocycles. The molecule has 2 heteroatoms. The van der Waals surface area contributed by atoms with E-state index in [1.807, 2.05) is 0 Å². The number of benzene rings is 5. The van der Waals surface area contributed by atoms with Gasteiger partial charge in [-0.05, 0) is 87.5 Å². The third-order valence-electron chi connectivity index (χ3n) is 9.56. The molecular weight excluding hydrogens is 544 g/mol. The maximum atomic E-state index is 5.46. The van der Waals surface area contributed by atoms with Crippen molar-refractivity contribution in [3.8, 4) is 22.3 Å². The molecule has 2 heterocycles. The Hall–Kier alpha value is -5.47. The van der Waals surface area contributed by atoms with Crippen LogP contribution in [0.1, 0.15) is 36.6 Å². The van der Waals surface area contributed by atoms with Crippen molar-refractivity contribution in [2.75, 3.05) is 0 Å². The summed E-state index contributed by atoms with van der Waals surface area (Å²) in [7, 11) is 0. The second-order valence-corrected chi connectivity index (χ2v) is 12.2. The van der Waals surface area contributed by atoms with E-state index in [9.17, 15) is 0 Å². The van der Waals surface area contributed by atoms with Crippen LogP contribution in [0, 0.1) is 0 Å². The molecule has 9 rings (SSSR count). The maximum absolute atomic E-state index is 5.46. The Morgan fingerprint density at radius 3 is 2.16 bits per heavy atom. The lowest BCUT2D eigenvalue weighted by Gasteiger charge is -2.19. The topological polar surface area (TPSA) is 17.3 Å². The van der Waals surface area contributed by atoms with Gasteiger partial charge in [0.1, 0.15) is 5.65 Å². The number of aromatic nitrogens is 2. The van der Waals surface area contributed by atoms with Crippen LogP contribution in [0.15, 0.2) is 152 Å². The van der Waals surface area contributed by atoms with Gasteiger partial charge in [0.05, 0.1) is 16.9 Å². The average molecular weight is 577 g/mol. The SMILES string of the molecule is C1=CCCC(c2nc3c4ccc(-c5ccc(-c6ccc7ccccc7c6)cc5)cc4c4ccccc4n3c2C2C=CC=CC2)=C1. The summed E-state index contributed by atoms with van der Waals surface area (Å²) in [6, 6.07) is 40.0. The molecule has 0 fully saturated rings. The zero-order valence-electron chi connectivity index (χ0n) is 25.0. The predicted octanol–water partition coefficient (Wildman–Crippen LogP) is 11.5. The van der Waals surface area contributed by atoms with Crippen molar-refractivity contribution >= 4 is 43.7 Å². The highest BCUT2D eigenvalue weighted by atomic mass is 15.0. The Bertz CT molecular complexity index is 2400. The molecule has 0 saturated heterocycles. The van der Waals surface area contributed by atoms with Crippen LogP contribution < -0.4 is 0 Å². The smallest absolute Gasteiger partial charge is 0.146 e. The first kappa shape index (κ1) is 26.0. The molecule has 2 nitrogen and oxygen atoms in total. The summed E-state index contributed by atoms with van der Waals surface area (Å²) in [6.07, 6.45) is 18.7. The Labute approximate surface area is 263 Å². The van der Waals surface area contributed by atoms with Gasteiger partial charge >= 0.3 is 0 Å². The van der Waals surface area contributed by atoms with Crippen molar-refractivity contribution < 1.29 is 0 Å². The van der Waals surface area contributed by atoms with Crippen LogP contribution in [-0.4, -0.2) is 9.38 Å². The maximum Gasteiger partial charge on any atom is 0.146 e. The van der Waals surface area contributed by atoms with Crippen molar-refractivity contribution in [3.63, 3.8) is 0 Å². The molecule has 2 aliphatic carbocycles. The summed E-state index contributed by atoms with van der Waals surface area (Å²) in [5.41, 5.74) is 11.0. The third-order valence-corrected chi connectivity index (χ3v) is 9.56. The molecule has 1 atom stereocenters. The number of hydrogen-bond donors (Lipinski definition) is 0.